The van der Waals surface area contributed by atoms with Crippen LogP contribution < -0.4 is 11.1 Å². The molecule has 2 rings (SSSR count). The molecule has 184 valence electrons. The Bertz CT molecular complexity index is 601. The van der Waals surface area contributed by atoms with Gasteiger partial charge in [-0.3, -0.25) is 14.4 Å². The van der Waals surface area contributed by atoms with E-state index in [2.05, 4.69) is 26.1 Å². The zero-order chi connectivity index (χ0) is 23.5. The Kier molecular flexibility index (Phi) is 11.5. The molecule has 0 radical (unpaired) electrons. The van der Waals surface area contributed by atoms with E-state index in [1.165, 1.54) is 32.1 Å². The number of nitrogens with two attached hydrogens (primary N) is 1. The number of hydrogen-bond donors (Lipinski definition) is 2. The molecular formula is C26H47N3O3. The molecule has 0 bridgehead atoms. The highest BCUT2D eigenvalue weighted by molar-refractivity contribution is 5.91. The van der Waals surface area contributed by atoms with Gasteiger partial charge >= 0.3 is 0 Å². The van der Waals surface area contributed by atoms with Crippen LogP contribution in [-0.4, -0.2) is 41.8 Å². The first-order valence-electron chi connectivity index (χ1n) is 13.2. The van der Waals surface area contributed by atoms with Gasteiger partial charge in [0.1, 0.15) is 6.04 Å². The number of carbonyl (C=O) groups excluding carboxylic acids is 3. The minimum atomic E-state index is -0.481. The van der Waals surface area contributed by atoms with E-state index in [0.717, 1.165) is 51.1 Å². The van der Waals surface area contributed by atoms with Crippen molar-refractivity contribution in [3.8, 4) is 0 Å². The van der Waals surface area contributed by atoms with Crippen molar-refractivity contribution in [3.63, 3.8) is 0 Å². The molecule has 1 saturated heterocycles. The maximum Gasteiger partial charge on any atom is 0.245 e. The van der Waals surface area contributed by atoms with Crippen LogP contribution in [0.1, 0.15) is 104 Å². The third kappa shape index (κ3) is 8.40. The van der Waals surface area contributed by atoms with Crippen LogP contribution >= 0.6 is 0 Å². The van der Waals surface area contributed by atoms with Gasteiger partial charge in [-0.15, -0.1) is 0 Å². The lowest BCUT2D eigenvalue weighted by Crippen LogP contribution is -2.51. The van der Waals surface area contributed by atoms with Crippen molar-refractivity contribution in [2.75, 3.05) is 13.1 Å². The van der Waals surface area contributed by atoms with Crippen LogP contribution in [-0.2, 0) is 14.4 Å². The normalized spacial score (nSPS) is 22.4. The van der Waals surface area contributed by atoms with Crippen LogP contribution in [0.15, 0.2) is 0 Å². The highest BCUT2D eigenvalue weighted by Crippen LogP contribution is 2.28. The second-order valence-electron chi connectivity index (χ2n) is 10.6. The van der Waals surface area contributed by atoms with Crippen LogP contribution in [0.4, 0.5) is 0 Å². The van der Waals surface area contributed by atoms with E-state index in [4.69, 9.17) is 5.73 Å². The monoisotopic (exact) mass is 449 g/mol. The maximum atomic E-state index is 13.3. The van der Waals surface area contributed by atoms with Crippen LogP contribution in [0.2, 0.25) is 0 Å². The van der Waals surface area contributed by atoms with Crippen molar-refractivity contribution in [1.29, 1.82) is 0 Å². The first-order valence-corrected chi connectivity index (χ1v) is 13.2. The summed E-state index contributed by atoms with van der Waals surface area (Å²) in [7, 11) is 0. The van der Waals surface area contributed by atoms with Gasteiger partial charge in [0.25, 0.3) is 0 Å². The number of nitrogens with one attached hydrogen (secondary N) is 1. The summed E-state index contributed by atoms with van der Waals surface area (Å²) in [6.45, 7) is 7.77. The van der Waals surface area contributed by atoms with Gasteiger partial charge in [-0.2, -0.15) is 0 Å². The van der Waals surface area contributed by atoms with Gasteiger partial charge in [-0.05, 0) is 50.4 Å². The first kappa shape index (κ1) is 26.7. The number of likely N-dealkylation sites (tertiary alicyclic amines) is 1. The molecule has 1 saturated carbocycles. The first-order chi connectivity index (χ1) is 15.3. The van der Waals surface area contributed by atoms with Crippen molar-refractivity contribution in [3.05, 3.63) is 0 Å². The minimum Gasteiger partial charge on any atom is -0.369 e. The molecule has 6 nitrogen and oxygen atoms in total. The number of rotatable bonds is 12. The molecule has 6 heteroatoms. The van der Waals surface area contributed by atoms with Gasteiger partial charge in [0.15, 0.2) is 0 Å². The molecule has 0 aromatic carbocycles. The summed E-state index contributed by atoms with van der Waals surface area (Å²) >= 11 is 0. The molecule has 0 aromatic rings. The topological polar surface area (TPSA) is 92.5 Å². The Morgan fingerprint density at radius 2 is 1.75 bits per heavy atom. The fourth-order valence-electron chi connectivity index (χ4n) is 5.48. The lowest BCUT2D eigenvalue weighted by atomic mass is 9.81. The van der Waals surface area contributed by atoms with Gasteiger partial charge in [0.2, 0.25) is 17.7 Å². The Morgan fingerprint density at radius 1 is 1.06 bits per heavy atom. The molecule has 3 N–H and O–H groups in total. The van der Waals surface area contributed by atoms with Crippen LogP contribution in [0.3, 0.4) is 0 Å². The lowest BCUT2D eigenvalue weighted by Gasteiger charge is -2.30. The summed E-state index contributed by atoms with van der Waals surface area (Å²) in [4.78, 5) is 40.8. The Balaban J connectivity index is 2.03. The Labute approximate surface area is 195 Å². The van der Waals surface area contributed by atoms with Gasteiger partial charge in [-0.25, -0.2) is 0 Å². The smallest absolute Gasteiger partial charge is 0.245 e. The lowest BCUT2D eigenvalue weighted by molar-refractivity contribution is -0.139. The summed E-state index contributed by atoms with van der Waals surface area (Å²) in [6.07, 6.45) is 13.3. The summed E-state index contributed by atoms with van der Waals surface area (Å²) in [5, 5.41) is 3.06. The molecule has 32 heavy (non-hydrogen) atoms. The average Bonchev–Trinajstić information content (AvgIpc) is 2.93. The fourth-order valence-corrected chi connectivity index (χ4v) is 5.48. The number of nitrogens with zero attached hydrogens (tertiary/aromatic N) is 1. The largest absolute Gasteiger partial charge is 0.369 e. The second kappa shape index (κ2) is 13.8. The number of amides is 3. The SMILES string of the molecule is CCCC[C@H](C(N)=O)[C@@H](CC(C)C)C(=O)N[C@H]1CCCCN(CCC2CCCCC2)C1=O. The molecule has 1 aliphatic heterocycles. The molecular weight excluding hydrogens is 402 g/mol. The average molecular weight is 450 g/mol. The third-order valence-corrected chi connectivity index (χ3v) is 7.41. The number of primary amides is 1. The maximum absolute atomic E-state index is 13.3. The summed E-state index contributed by atoms with van der Waals surface area (Å²) < 4.78 is 0. The van der Waals surface area contributed by atoms with E-state index < -0.39 is 23.8 Å². The predicted octanol–water partition coefficient (Wildman–Crippen LogP) is 4.41. The zero-order valence-electron chi connectivity index (χ0n) is 20.7. The van der Waals surface area contributed by atoms with Crippen molar-refractivity contribution < 1.29 is 14.4 Å². The fraction of sp³-hybridized carbons (Fsp3) is 0.885. The molecule has 1 heterocycles. The standard InChI is InChI=1S/C26H47N3O3/c1-4-5-13-21(24(27)30)22(18-19(2)3)25(31)28-23-14-9-10-16-29(26(23)32)17-15-20-11-7-6-8-12-20/h19-23H,4-18H2,1-3H3,(H2,27,30)(H,28,31)/t21-,22+,23-/m0/s1. The molecule has 2 aliphatic rings. The molecule has 3 atom stereocenters. The van der Waals surface area contributed by atoms with Crippen LogP contribution in [0.25, 0.3) is 0 Å². The Morgan fingerprint density at radius 3 is 2.38 bits per heavy atom. The molecule has 3 amide bonds. The molecule has 2 fully saturated rings. The highest BCUT2D eigenvalue weighted by atomic mass is 16.2. The molecule has 0 spiro atoms. The van der Waals surface area contributed by atoms with E-state index in [0.29, 0.717) is 19.3 Å². The highest BCUT2D eigenvalue weighted by Gasteiger charge is 2.36. The zero-order valence-corrected chi connectivity index (χ0v) is 20.7. The number of hydrogen-bond acceptors (Lipinski definition) is 3. The van der Waals surface area contributed by atoms with Gasteiger partial charge in [-0.1, -0.05) is 65.7 Å². The molecule has 1 aliphatic carbocycles. The summed E-state index contributed by atoms with van der Waals surface area (Å²) in [6, 6.07) is -0.481. The van der Waals surface area contributed by atoms with Crippen molar-refractivity contribution in [2.45, 2.75) is 110 Å². The third-order valence-electron chi connectivity index (χ3n) is 7.41. The quantitative estimate of drug-likeness (QED) is 0.462. The molecule has 0 unspecified atom stereocenters. The van der Waals surface area contributed by atoms with Crippen molar-refractivity contribution in [1.82, 2.24) is 10.2 Å². The van der Waals surface area contributed by atoms with E-state index in [9.17, 15) is 14.4 Å². The number of carbonyl (C=O) groups is 3. The Hall–Kier alpha value is -1.59. The van der Waals surface area contributed by atoms with Gasteiger partial charge in [0, 0.05) is 24.9 Å². The van der Waals surface area contributed by atoms with E-state index in [-0.39, 0.29) is 17.7 Å². The molecule has 0 aromatic heterocycles. The summed E-state index contributed by atoms with van der Waals surface area (Å²) in [5.74, 6) is -0.457. The van der Waals surface area contributed by atoms with Crippen LogP contribution in [0.5, 0.6) is 0 Å². The van der Waals surface area contributed by atoms with E-state index in [1.807, 2.05) is 4.90 Å². The van der Waals surface area contributed by atoms with Crippen molar-refractivity contribution >= 4 is 17.7 Å². The van der Waals surface area contributed by atoms with Crippen molar-refractivity contribution in [2.24, 2.45) is 29.4 Å². The van der Waals surface area contributed by atoms with E-state index in [1.54, 1.807) is 0 Å². The van der Waals surface area contributed by atoms with Crippen LogP contribution in [0, 0.1) is 23.7 Å². The van der Waals surface area contributed by atoms with Gasteiger partial charge < -0.3 is 16.0 Å². The second-order valence-corrected chi connectivity index (χ2v) is 10.6. The summed E-state index contributed by atoms with van der Waals surface area (Å²) in [5.41, 5.74) is 5.72. The van der Waals surface area contributed by atoms with Gasteiger partial charge in [0.05, 0.1) is 0 Å². The van der Waals surface area contributed by atoms with E-state index >= 15 is 0 Å². The number of unbranched alkanes of at least 4 members (excludes halogenated alkanes) is 1. The minimum absolute atomic E-state index is 0.0548. The predicted molar refractivity (Wildman–Crippen MR) is 129 cm³/mol.